The molecule has 0 aromatic carbocycles. The number of fused-ring (bicyclic) bond motifs is 1. The second-order valence-electron chi connectivity index (χ2n) is 4.32. The molecule has 0 saturated heterocycles. The number of furan rings is 1. The molecule has 0 saturated carbocycles. The number of hydrogen-bond donors (Lipinski definition) is 1. The van der Waals surface area contributed by atoms with Crippen molar-refractivity contribution >= 4 is 11.6 Å². The summed E-state index contributed by atoms with van der Waals surface area (Å²) < 4.78 is 7.41. The zero-order chi connectivity index (χ0) is 11.8. The van der Waals surface area contributed by atoms with Gasteiger partial charge in [0.1, 0.15) is 11.6 Å². The molecular formula is C12H13ClN2O2. The zero-order valence-electron chi connectivity index (χ0n) is 9.27. The number of nitrogens with zero attached hydrogens (tertiary/aromatic N) is 2. The Hall–Kier alpha value is -1.26. The lowest BCUT2D eigenvalue weighted by molar-refractivity contribution is 0.143. The maximum atomic E-state index is 9.63. The monoisotopic (exact) mass is 252 g/mol. The van der Waals surface area contributed by atoms with Crippen molar-refractivity contribution in [2.45, 2.75) is 31.9 Å². The van der Waals surface area contributed by atoms with Crippen LogP contribution in [0.3, 0.4) is 0 Å². The van der Waals surface area contributed by atoms with Crippen LogP contribution < -0.4 is 0 Å². The van der Waals surface area contributed by atoms with Gasteiger partial charge in [-0.3, -0.25) is 0 Å². The third-order valence-electron chi connectivity index (χ3n) is 3.13. The molecule has 1 atom stereocenters. The Kier molecular flexibility index (Phi) is 2.68. The van der Waals surface area contributed by atoms with Crippen molar-refractivity contribution in [3.05, 3.63) is 40.8 Å². The molecule has 1 aliphatic heterocycles. The van der Waals surface area contributed by atoms with Gasteiger partial charge in [0, 0.05) is 13.0 Å². The molecule has 90 valence electrons. The van der Waals surface area contributed by atoms with Crippen LogP contribution in [0, 0.1) is 0 Å². The molecule has 0 spiro atoms. The lowest BCUT2D eigenvalue weighted by Crippen LogP contribution is -2.24. The standard InChI is InChI=1S/C12H13ClN2O2/c13-12-10-6-8(16)3-4-15(10)11(14-12)7-9-2-1-5-17-9/h1-2,5,8,16H,3-4,6-7H2. The summed E-state index contributed by atoms with van der Waals surface area (Å²) in [7, 11) is 0. The lowest BCUT2D eigenvalue weighted by atomic mass is 10.1. The Bertz CT molecular complexity index is 519. The van der Waals surface area contributed by atoms with Crippen molar-refractivity contribution in [3.8, 4) is 0 Å². The highest BCUT2D eigenvalue weighted by molar-refractivity contribution is 6.30. The molecule has 0 amide bonds. The van der Waals surface area contributed by atoms with Crippen LogP contribution in [0.25, 0.3) is 0 Å². The van der Waals surface area contributed by atoms with Gasteiger partial charge in [0.25, 0.3) is 0 Å². The lowest BCUT2D eigenvalue weighted by Gasteiger charge is -2.21. The Morgan fingerprint density at radius 2 is 2.47 bits per heavy atom. The van der Waals surface area contributed by atoms with E-state index in [0.29, 0.717) is 18.0 Å². The van der Waals surface area contributed by atoms with Crippen molar-refractivity contribution in [1.29, 1.82) is 0 Å². The van der Waals surface area contributed by atoms with Crippen molar-refractivity contribution < 1.29 is 9.52 Å². The van der Waals surface area contributed by atoms with Gasteiger partial charge in [-0.15, -0.1) is 0 Å². The van der Waals surface area contributed by atoms with E-state index in [1.807, 2.05) is 12.1 Å². The molecule has 0 aliphatic carbocycles. The molecule has 0 bridgehead atoms. The molecule has 1 unspecified atom stereocenters. The van der Waals surface area contributed by atoms with E-state index >= 15 is 0 Å². The van der Waals surface area contributed by atoms with E-state index in [1.54, 1.807) is 6.26 Å². The molecule has 1 aliphatic rings. The highest BCUT2D eigenvalue weighted by atomic mass is 35.5. The Morgan fingerprint density at radius 3 is 3.24 bits per heavy atom. The SMILES string of the molecule is OC1CCn2c(Cc3ccco3)nc(Cl)c2C1. The van der Waals surface area contributed by atoms with Gasteiger partial charge in [-0.05, 0) is 18.6 Å². The Balaban J connectivity index is 1.93. The number of imidazole rings is 1. The molecule has 2 aromatic rings. The fraction of sp³-hybridized carbons (Fsp3) is 0.417. The zero-order valence-corrected chi connectivity index (χ0v) is 10.0. The molecule has 2 aromatic heterocycles. The fourth-order valence-corrected chi connectivity index (χ4v) is 2.55. The van der Waals surface area contributed by atoms with Gasteiger partial charge in [-0.25, -0.2) is 4.98 Å². The van der Waals surface area contributed by atoms with Crippen LogP contribution in [0.5, 0.6) is 0 Å². The van der Waals surface area contributed by atoms with Gasteiger partial charge in [0.05, 0.1) is 24.5 Å². The predicted molar refractivity (Wildman–Crippen MR) is 63.1 cm³/mol. The number of hydrogen-bond acceptors (Lipinski definition) is 3. The molecule has 3 heterocycles. The first-order chi connectivity index (χ1) is 8.24. The topological polar surface area (TPSA) is 51.2 Å². The number of rotatable bonds is 2. The van der Waals surface area contributed by atoms with Gasteiger partial charge < -0.3 is 14.1 Å². The van der Waals surface area contributed by atoms with Crippen LogP contribution in [0.2, 0.25) is 5.15 Å². The van der Waals surface area contributed by atoms with Crippen molar-refractivity contribution in [3.63, 3.8) is 0 Å². The highest BCUT2D eigenvalue weighted by Gasteiger charge is 2.23. The minimum atomic E-state index is -0.298. The summed E-state index contributed by atoms with van der Waals surface area (Å²) in [5.41, 5.74) is 0.937. The number of aliphatic hydroxyl groups is 1. The van der Waals surface area contributed by atoms with Gasteiger partial charge in [0.2, 0.25) is 0 Å². The third kappa shape index (κ3) is 1.98. The minimum absolute atomic E-state index is 0.298. The van der Waals surface area contributed by atoms with E-state index in [2.05, 4.69) is 9.55 Å². The van der Waals surface area contributed by atoms with Crippen LogP contribution in [0.1, 0.15) is 23.7 Å². The molecule has 3 rings (SSSR count). The third-order valence-corrected chi connectivity index (χ3v) is 3.43. The van der Waals surface area contributed by atoms with Crippen molar-refractivity contribution in [2.24, 2.45) is 0 Å². The molecule has 1 N–H and O–H groups in total. The van der Waals surface area contributed by atoms with E-state index in [4.69, 9.17) is 16.0 Å². The summed E-state index contributed by atoms with van der Waals surface area (Å²) >= 11 is 6.09. The van der Waals surface area contributed by atoms with Gasteiger partial charge in [0.15, 0.2) is 5.15 Å². The van der Waals surface area contributed by atoms with Crippen molar-refractivity contribution in [2.75, 3.05) is 0 Å². The average molecular weight is 253 g/mol. The summed E-state index contributed by atoms with van der Waals surface area (Å²) in [5, 5.41) is 10.1. The van der Waals surface area contributed by atoms with E-state index < -0.39 is 0 Å². The van der Waals surface area contributed by atoms with Crippen LogP contribution in [-0.2, 0) is 19.4 Å². The fourth-order valence-electron chi connectivity index (χ4n) is 2.27. The highest BCUT2D eigenvalue weighted by Crippen LogP contribution is 2.25. The molecule has 0 fully saturated rings. The average Bonchev–Trinajstić information content (AvgIpc) is 2.89. The van der Waals surface area contributed by atoms with E-state index in [9.17, 15) is 5.11 Å². The van der Waals surface area contributed by atoms with Gasteiger partial charge in [-0.2, -0.15) is 0 Å². The predicted octanol–water partition coefficient (Wildman–Crippen LogP) is 2.03. The van der Waals surface area contributed by atoms with Crippen LogP contribution in [0.4, 0.5) is 0 Å². The van der Waals surface area contributed by atoms with E-state index in [-0.39, 0.29) is 6.10 Å². The van der Waals surface area contributed by atoms with Crippen molar-refractivity contribution in [1.82, 2.24) is 9.55 Å². The van der Waals surface area contributed by atoms with Crippen LogP contribution in [-0.4, -0.2) is 20.8 Å². The molecule has 17 heavy (non-hydrogen) atoms. The first-order valence-electron chi connectivity index (χ1n) is 5.68. The Labute approximate surface area is 104 Å². The first kappa shape index (κ1) is 10.9. The largest absolute Gasteiger partial charge is 0.469 e. The number of aromatic nitrogens is 2. The van der Waals surface area contributed by atoms with Gasteiger partial charge >= 0.3 is 0 Å². The summed E-state index contributed by atoms with van der Waals surface area (Å²) in [4.78, 5) is 4.36. The molecule has 5 heteroatoms. The maximum Gasteiger partial charge on any atom is 0.150 e. The summed E-state index contributed by atoms with van der Waals surface area (Å²) in [6.45, 7) is 0.770. The number of aliphatic hydroxyl groups excluding tert-OH is 1. The van der Waals surface area contributed by atoms with Crippen LogP contribution >= 0.6 is 11.6 Å². The normalized spacial score (nSPS) is 19.3. The molecule has 4 nitrogen and oxygen atoms in total. The first-order valence-corrected chi connectivity index (χ1v) is 6.06. The van der Waals surface area contributed by atoms with E-state index in [0.717, 1.165) is 30.2 Å². The van der Waals surface area contributed by atoms with Crippen LogP contribution in [0.15, 0.2) is 22.8 Å². The quantitative estimate of drug-likeness (QED) is 0.890. The minimum Gasteiger partial charge on any atom is -0.469 e. The van der Waals surface area contributed by atoms with Gasteiger partial charge in [-0.1, -0.05) is 11.6 Å². The molecular weight excluding hydrogens is 240 g/mol. The summed E-state index contributed by atoms with van der Waals surface area (Å²) in [6.07, 6.45) is 3.34. The van der Waals surface area contributed by atoms with E-state index in [1.165, 1.54) is 0 Å². The Morgan fingerprint density at radius 1 is 1.59 bits per heavy atom. The second kappa shape index (κ2) is 4.20. The second-order valence-corrected chi connectivity index (χ2v) is 4.68. The smallest absolute Gasteiger partial charge is 0.150 e. The summed E-state index contributed by atoms with van der Waals surface area (Å²) in [5.74, 6) is 1.78. The molecule has 0 radical (unpaired) electrons. The number of halogens is 1. The maximum absolute atomic E-state index is 9.63. The summed E-state index contributed by atoms with van der Waals surface area (Å²) in [6, 6.07) is 3.79.